The SMILES string of the molecule is CN1CCN2CN3CCN(C)P3Oc3ccccc3-c3ccccc3OP12. The van der Waals surface area contributed by atoms with Crippen LogP contribution in [0.4, 0.5) is 0 Å². The van der Waals surface area contributed by atoms with Gasteiger partial charge in [-0.05, 0) is 26.2 Å². The molecule has 2 aromatic carbocycles. The van der Waals surface area contributed by atoms with E-state index in [1.54, 1.807) is 0 Å². The van der Waals surface area contributed by atoms with E-state index in [0.717, 1.165) is 55.5 Å². The monoisotopic (exact) mass is 402 g/mol. The fourth-order valence-electron chi connectivity index (χ4n) is 3.70. The van der Waals surface area contributed by atoms with E-state index in [-0.39, 0.29) is 0 Å². The van der Waals surface area contributed by atoms with Crippen LogP contribution in [0.5, 0.6) is 11.5 Å². The van der Waals surface area contributed by atoms with Crippen molar-refractivity contribution in [1.29, 1.82) is 0 Å². The van der Waals surface area contributed by atoms with Crippen molar-refractivity contribution >= 4 is 16.9 Å². The number of nitrogens with zero attached hydrogens (tertiary/aromatic N) is 4. The number of hydrogen-bond donors (Lipinski definition) is 0. The quantitative estimate of drug-likeness (QED) is 0.619. The highest BCUT2D eigenvalue weighted by Gasteiger charge is 2.40. The molecule has 3 aliphatic heterocycles. The maximum absolute atomic E-state index is 6.62. The van der Waals surface area contributed by atoms with Crippen molar-refractivity contribution in [3.63, 3.8) is 0 Å². The van der Waals surface area contributed by atoms with Crippen molar-refractivity contribution in [2.24, 2.45) is 0 Å². The van der Waals surface area contributed by atoms with Crippen LogP contribution in [-0.4, -0.2) is 65.6 Å². The molecule has 0 spiro atoms. The molecule has 0 radical (unpaired) electrons. The minimum Gasteiger partial charge on any atom is -0.444 e. The first-order chi connectivity index (χ1) is 13.2. The van der Waals surface area contributed by atoms with Crippen molar-refractivity contribution in [1.82, 2.24) is 18.7 Å². The zero-order chi connectivity index (χ0) is 18.4. The number of hydrogen-bond acceptors (Lipinski definition) is 6. The summed E-state index contributed by atoms with van der Waals surface area (Å²) in [5.74, 6) is 1.86. The minimum absolute atomic E-state index is 0.818. The number of benzene rings is 2. The molecule has 0 aromatic heterocycles. The summed E-state index contributed by atoms with van der Waals surface area (Å²) in [5, 5.41) is 0. The van der Waals surface area contributed by atoms with E-state index in [1.165, 1.54) is 0 Å². The second-order valence-electron chi connectivity index (χ2n) is 7.04. The largest absolute Gasteiger partial charge is 0.444 e. The van der Waals surface area contributed by atoms with Gasteiger partial charge >= 0.3 is 0 Å². The Morgan fingerprint density at radius 2 is 1.11 bits per heavy atom. The van der Waals surface area contributed by atoms with Crippen molar-refractivity contribution in [2.45, 2.75) is 0 Å². The van der Waals surface area contributed by atoms with Gasteiger partial charge in [0, 0.05) is 37.3 Å². The first-order valence-electron chi connectivity index (χ1n) is 9.27. The summed E-state index contributed by atoms with van der Waals surface area (Å²) in [5.41, 5.74) is 2.20. The third-order valence-corrected chi connectivity index (χ3v) is 9.09. The van der Waals surface area contributed by atoms with E-state index in [9.17, 15) is 0 Å². The van der Waals surface area contributed by atoms with Gasteiger partial charge in [0.05, 0.1) is 6.67 Å². The van der Waals surface area contributed by atoms with Crippen molar-refractivity contribution in [3.05, 3.63) is 48.5 Å². The van der Waals surface area contributed by atoms with Crippen LogP contribution in [0.25, 0.3) is 11.1 Å². The Kier molecular flexibility index (Phi) is 4.81. The van der Waals surface area contributed by atoms with Gasteiger partial charge in [0.2, 0.25) is 16.9 Å². The molecule has 3 aliphatic rings. The zero-order valence-corrected chi connectivity index (χ0v) is 17.4. The molecular formula is C19H24N4O2P2. The van der Waals surface area contributed by atoms with Crippen LogP contribution in [0.3, 0.4) is 0 Å². The molecule has 0 bridgehead atoms. The predicted molar refractivity (Wildman–Crippen MR) is 111 cm³/mol. The molecule has 27 heavy (non-hydrogen) atoms. The average Bonchev–Trinajstić information content (AvgIpc) is 3.20. The van der Waals surface area contributed by atoms with Crippen LogP contribution in [0.15, 0.2) is 48.5 Å². The normalized spacial score (nSPS) is 26.9. The predicted octanol–water partition coefficient (Wildman–Crippen LogP) is 4.03. The zero-order valence-electron chi connectivity index (χ0n) is 15.7. The molecule has 142 valence electrons. The Balaban J connectivity index is 1.64. The Morgan fingerprint density at radius 1 is 0.667 bits per heavy atom. The lowest BCUT2D eigenvalue weighted by Gasteiger charge is -2.32. The maximum atomic E-state index is 6.62. The molecule has 2 fully saturated rings. The first kappa shape index (κ1) is 17.8. The van der Waals surface area contributed by atoms with Gasteiger partial charge in [0.15, 0.2) is 0 Å². The average molecular weight is 402 g/mol. The molecule has 0 amide bonds. The molecule has 0 saturated carbocycles. The highest BCUT2D eigenvalue weighted by atomic mass is 31.2. The van der Waals surface area contributed by atoms with E-state index in [4.69, 9.17) is 9.05 Å². The van der Waals surface area contributed by atoms with E-state index < -0.39 is 16.9 Å². The summed E-state index contributed by atoms with van der Waals surface area (Å²) >= 11 is 0. The number of para-hydroxylation sites is 2. The van der Waals surface area contributed by atoms with E-state index in [0.29, 0.717) is 0 Å². The molecule has 2 saturated heterocycles. The number of fused-ring (bicyclic) bond motifs is 5. The molecule has 0 N–H and O–H groups in total. The Morgan fingerprint density at radius 3 is 1.59 bits per heavy atom. The summed E-state index contributed by atoms with van der Waals surface area (Å²) in [4.78, 5) is 0. The van der Waals surface area contributed by atoms with Gasteiger partial charge in [-0.3, -0.25) is 0 Å². The lowest BCUT2D eigenvalue weighted by molar-refractivity contribution is 0.317. The second kappa shape index (κ2) is 7.29. The van der Waals surface area contributed by atoms with Crippen LogP contribution >= 0.6 is 16.9 Å². The first-order valence-corrected chi connectivity index (χ1v) is 11.6. The van der Waals surface area contributed by atoms with Gasteiger partial charge in [-0.15, -0.1) is 0 Å². The summed E-state index contributed by atoms with van der Waals surface area (Å²) in [6.45, 7) is 5.01. The molecule has 6 nitrogen and oxygen atoms in total. The van der Waals surface area contributed by atoms with Crippen LogP contribution in [-0.2, 0) is 0 Å². The fourth-order valence-corrected chi connectivity index (χ4v) is 7.41. The molecule has 2 aromatic rings. The lowest BCUT2D eigenvalue weighted by atomic mass is 10.0. The van der Waals surface area contributed by atoms with E-state index in [2.05, 4.69) is 69.2 Å². The summed E-state index contributed by atoms with van der Waals surface area (Å²) in [6.07, 6.45) is 0. The summed E-state index contributed by atoms with van der Waals surface area (Å²) < 4.78 is 22.9. The summed E-state index contributed by atoms with van der Waals surface area (Å²) in [7, 11) is 2.69. The second-order valence-corrected chi connectivity index (χ2v) is 10.9. The highest BCUT2D eigenvalue weighted by Crippen LogP contribution is 2.56. The Bertz CT molecular complexity index is 771. The Labute approximate surface area is 163 Å². The fraction of sp³-hybridized carbons (Fsp3) is 0.368. The van der Waals surface area contributed by atoms with E-state index in [1.807, 2.05) is 12.1 Å². The van der Waals surface area contributed by atoms with Crippen molar-refractivity contribution in [3.8, 4) is 22.6 Å². The van der Waals surface area contributed by atoms with Gasteiger partial charge in [-0.25, -0.2) is 18.7 Å². The topological polar surface area (TPSA) is 31.4 Å². The maximum Gasteiger partial charge on any atom is 0.249 e. The Hall–Kier alpha value is -1.26. The summed E-state index contributed by atoms with van der Waals surface area (Å²) in [6, 6.07) is 16.7. The van der Waals surface area contributed by atoms with Crippen LogP contribution in [0, 0.1) is 0 Å². The van der Waals surface area contributed by atoms with Gasteiger partial charge in [0.25, 0.3) is 0 Å². The smallest absolute Gasteiger partial charge is 0.249 e. The van der Waals surface area contributed by atoms with Gasteiger partial charge in [-0.2, -0.15) is 0 Å². The van der Waals surface area contributed by atoms with Crippen LogP contribution in [0.1, 0.15) is 0 Å². The third-order valence-electron chi connectivity index (χ3n) is 5.18. The molecule has 2 atom stereocenters. The number of likely N-dealkylation sites (N-methyl/N-ethyl adjacent to an activating group) is 2. The molecule has 3 heterocycles. The van der Waals surface area contributed by atoms with Gasteiger partial charge < -0.3 is 9.05 Å². The van der Waals surface area contributed by atoms with Gasteiger partial charge in [-0.1, -0.05) is 36.4 Å². The molecule has 8 heteroatoms. The number of rotatable bonds is 0. The minimum atomic E-state index is -0.818. The molecular weight excluding hydrogens is 378 g/mol. The van der Waals surface area contributed by atoms with Crippen molar-refractivity contribution in [2.75, 3.05) is 46.9 Å². The molecule has 0 aliphatic carbocycles. The molecule has 5 rings (SSSR count). The highest BCUT2D eigenvalue weighted by molar-refractivity contribution is 7.49. The van der Waals surface area contributed by atoms with E-state index >= 15 is 0 Å². The standard InChI is InChI=1S/C19H24N4O2P2/c1-20-11-13-22-15-23-14-12-21(2)27(23)25-19-10-6-4-8-17(19)16-7-3-5-9-18(16)24-26(20)22/h3-10H,11-15H2,1-2H3. The third kappa shape index (κ3) is 3.25. The van der Waals surface area contributed by atoms with Crippen molar-refractivity contribution < 1.29 is 9.05 Å². The lowest BCUT2D eigenvalue weighted by Crippen LogP contribution is -2.31. The van der Waals surface area contributed by atoms with Crippen LogP contribution < -0.4 is 9.05 Å². The van der Waals surface area contributed by atoms with Gasteiger partial charge in [0.1, 0.15) is 11.5 Å². The van der Waals surface area contributed by atoms with Crippen LogP contribution in [0.2, 0.25) is 0 Å². The molecule has 2 unspecified atom stereocenters.